The highest BCUT2D eigenvalue weighted by Gasteiger charge is 2.31. The standard InChI is InChI=1S/C27H24F3N5O5/c1-15-12-17(23-20-6-4-5-7-21(20)25(37)35(3)34-23)13-16(2)24(15)39-14-22(36)32-33-26(38)31-18-8-10-19(11-9-18)40-27(28,29)30/h4-13H,14H2,1-3H3,(H,32,36)(H2,31,33,38). The molecule has 0 spiro atoms. The number of nitrogens with zero attached hydrogens (tertiary/aromatic N) is 2. The van der Waals surface area contributed by atoms with Crippen LogP contribution in [-0.2, 0) is 11.8 Å². The summed E-state index contributed by atoms with van der Waals surface area (Å²) in [4.78, 5) is 36.7. The first-order chi connectivity index (χ1) is 18.9. The molecule has 208 valence electrons. The van der Waals surface area contributed by atoms with Gasteiger partial charge in [-0.25, -0.2) is 14.9 Å². The third kappa shape index (κ3) is 6.67. The van der Waals surface area contributed by atoms with Crippen molar-refractivity contribution in [3.05, 3.63) is 82.1 Å². The van der Waals surface area contributed by atoms with Gasteiger partial charge in [-0.1, -0.05) is 18.2 Å². The summed E-state index contributed by atoms with van der Waals surface area (Å²) in [6, 6.07) is 14.5. The van der Waals surface area contributed by atoms with E-state index in [4.69, 9.17) is 4.74 Å². The van der Waals surface area contributed by atoms with Gasteiger partial charge in [-0.2, -0.15) is 5.10 Å². The van der Waals surface area contributed by atoms with Gasteiger partial charge in [-0.15, -0.1) is 13.2 Å². The van der Waals surface area contributed by atoms with Crippen LogP contribution in [0.25, 0.3) is 22.0 Å². The number of anilines is 1. The smallest absolute Gasteiger partial charge is 0.483 e. The maximum atomic E-state index is 12.5. The summed E-state index contributed by atoms with van der Waals surface area (Å²) in [7, 11) is 1.59. The lowest BCUT2D eigenvalue weighted by molar-refractivity contribution is -0.274. The van der Waals surface area contributed by atoms with Crippen LogP contribution in [0.4, 0.5) is 23.7 Å². The van der Waals surface area contributed by atoms with Crippen LogP contribution in [0, 0.1) is 13.8 Å². The van der Waals surface area contributed by atoms with Crippen molar-refractivity contribution in [2.45, 2.75) is 20.2 Å². The lowest BCUT2D eigenvalue weighted by Gasteiger charge is -2.15. The monoisotopic (exact) mass is 555 g/mol. The number of urea groups is 1. The first-order valence-electron chi connectivity index (χ1n) is 11.8. The average Bonchev–Trinajstić information content (AvgIpc) is 2.89. The number of hydrogen-bond donors (Lipinski definition) is 3. The molecule has 0 bridgehead atoms. The van der Waals surface area contributed by atoms with Crippen molar-refractivity contribution in [2.24, 2.45) is 7.05 Å². The van der Waals surface area contributed by atoms with E-state index < -0.39 is 30.7 Å². The number of amides is 3. The van der Waals surface area contributed by atoms with Gasteiger partial charge in [0.2, 0.25) is 0 Å². The summed E-state index contributed by atoms with van der Waals surface area (Å²) in [6.45, 7) is 3.21. The molecule has 0 atom stereocenters. The number of alkyl halides is 3. The number of benzene rings is 3. The van der Waals surface area contributed by atoms with Crippen LogP contribution in [0.5, 0.6) is 11.5 Å². The van der Waals surface area contributed by atoms with Crippen molar-refractivity contribution in [1.29, 1.82) is 0 Å². The Balaban J connectivity index is 1.35. The highest BCUT2D eigenvalue weighted by atomic mass is 19.4. The molecule has 0 unspecified atom stereocenters. The van der Waals surface area contributed by atoms with Gasteiger partial charge in [0.15, 0.2) is 6.61 Å². The van der Waals surface area contributed by atoms with E-state index in [-0.39, 0.29) is 11.2 Å². The largest absolute Gasteiger partial charge is 0.573 e. The number of carbonyl (C=O) groups is 2. The topological polar surface area (TPSA) is 124 Å². The number of carbonyl (C=O) groups excluding carboxylic acids is 2. The molecule has 0 saturated heterocycles. The van der Waals surface area contributed by atoms with E-state index in [0.717, 1.165) is 28.8 Å². The molecule has 3 amide bonds. The molecule has 0 aliphatic carbocycles. The van der Waals surface area contributed by atoms with Crippen molar-refractivity contribution in [3.8, 4) is 22.8 Å². The van der Waals surface area contributed by atoms with Crippen molar-refractivity contribution in [1.82, 2.24) is 20.6 Å². The van der Waals surface area contributed by atoms with E-state index in [2.05, 4.69) is 26.0 Å². The number of fused-ring (bicyclic) bond motifs is 1. The lowest BCUT2D eigenvalue weighted by Crippen LogP contribution is -2.45. The first-order valence-corrected chi connectivity index (χ1v) is 11.8. The third-order valence-corrected chi connectivity index (χ3v) is 5.70. The van der Waals surface area contributed by atoms with Crippen LogP contribution in [0.1, 0.15) is 11.1 Å². The van der Waals surface area contributed by atoms with Crippen LogP contribution in [0.15, 0.2) is 65.5 Å². The van der Waals surface area contributed by atoms with Crippen LogP contribution in [0.2, 0.25) is 0 Å². The molecule has 4 aromatic rings. The Morgan fingerprint density at radius 3 is 2.20 bits per heavy atom. The molecule has 0 aliphatic heterocycles. The van der Waals surface area contributed by atoms with Crippen molar-refractivity contribution in [2.75, 3.05) is 11.9 Å². The minimum atomic E-state index is -4.83. The molecule has 0 saturated carbocycles. The zero-order valence-corrected chi connectivity index (χ0v) is 21.6. The number of rotatable bonds is 6. The first kappa shape index (κ1) is 28.0. The zero-order chi connectivity index (χ0) is 29.0. The maximum Gasteiger partial charge on any atom is 0.573 e. The maximum absolute atomic E-state index is 12.5. The third-order valence-electron chi connectivity index (χ3n) is 5.70. The van der Waals surface area contributed by atoms with Crippen LogP contribution in [-0.4, -0.2) is 34.7 Å². The van der Waals surface area contributed by atoms with Gasteiger partial charge in [0.25, 0.3) is 11.5 Å². The molecule has 13 heteroatoms. The van der Waals surface area contributed by atoms with Gasteiger partial charge >= 0.3 is 12.4 Å². The summed E-state index contributed by atoms with van der Waals surface area (Å²) in [5, 5.41) is 8.06. The van der Waals surface area contributed by atoms with Crippen molar-refractivity contribution >= 4 is 28.4 Å². The molecule has 3 N–H and O–H groups in total. The number of aromatic nitrogens is 2. The zero-order valence-electron chi connectivity index (χ0n) is 21.6. The SMILES string of the molecule is Cc1cc(-c2nn(C)c(=O)c3ccccc23)cc(C)c1OCC(=O)NNC(=O)Nc1ccc(OC(F)(F)F)cc1. The fourth-order valence-electron chi connectivity index (χ4n) is 4.03. The minimum Gasteiger partial charge on any atom is -0.483 e. The Hall–Kier alpha value is -5.07. The Morgan fingerprint density at radius 2 is 1.57 bits per heavy atom. The molecule has 10 nitrogen and oxygen atoms in total. The van der Waals surface area contributed by atoms with Crippen LogP contribution < -0.4 is 31.2 Å². The van der Waals surface area contributed by atoms with E-state index in [1.807, 2.05) is 38.1 Å². The van der Waals surface area contributed by atoms with Crippen LogP contribution >= 0.6 is 0 Å². The second-order valence-corrected chi connectivity index (χ2v) is 8.75. The predicted molar refractivity (Wildman–Crippen MR) is 141 cm³/mol. The van der Waals surface area contributed by atoms with Crippen LogP contribution in [0.3, 0.4) is 0 Å². The van der Waals surface area contributed by atoms with Crippen molar-refractivity contribution < 1.29 is 32.2 Å². The molecule has 3 aromatic carbocycles. The van der Waals surface area contributed by atoms with Gasteiger partial charge in [-0.05, 0) is 67.4 Å². The molecule has 0 fully saturated rings. The van der Waals surface area contributed by atoms with E-state index >= 15 is 0 Å². The highest BCUT2D eigenvalue weighted by Crippen LogP contribution is 2.32. The van der Waals surface area contributed by atoms with Gasteiger partial charge in [0.05, 0.1) is 11.1 Å². The Kier molecular flexibility index (Phi) is 7.93. The summed E-state index contributed by atoms with van der Waals surface area (Å²) in [6.07, 6.45) is -4.83. The average molecular weight is 556 g/mol. The Labute approximate surface area is 225 Å². The van der Waals surface area contributed by atoms with Gasteiger partial charge < -0.3 is 14.8 Å². The highest BCUT2D eigenvalue weighted by molar-refractivity contribution is 5.94. The fraction of sp³-hybridized carbons (Fsp3) is 0.185. The van der Waals surface area contributed by atoms with Gasteiger partial charge in [0.1, 0.15) is 11.5 Å². The number of hydrogen-bond acceptors (Lipinski definition) is 6. The Bertz CT molecular complexity index is 1610. The number of halogens is 3. The van der Waals surface area contributed by atoms with Gasteiger partial charge in [0, 0.05) is 23.7 Å². The molecule has 40 heavy (non-hydrogen) atoms. The minimum absolute atomic E-state index is 0.171. The number of ether oxygens (including phenoxy) is 2. The molecule has 1 aromatic heterocycles. The molecule has 0 aliphatic rings. The predicted octanol–water partition coefficient (Wildman–Crippen LogP) is 4.35. The fourth-order valence-corrected chi connectivity index (χ4v) is 4.03. The molecule has 0 radical (unpaired) electrons. The molecular weight excluding hydrogens is 531 g/mol. The number of aryl methyl sites for hydroxylation is 3. The van der Waals surface area contributed by atoms with E-state index in [1.54, 1.807) is 19.2 Å². The number of nitrogens with one attached hydrogen (secondary N) is 3. The molecular formula is C27H24F3N5O5. The van der Waals surface area contributed by atoms with E-state index in [0.29, 0.717) is 22.2 Å². The normalized spacial score (nSPS) is 11.2. The van der Waals surface area contributed by atoms with E-state index in [1.165, 1.54) is 16.8 Å². The summed E-state index contributed by atoms with van der Waals surface area (Å²) in [5.41, 5.74) is 7.14. The second-order valence-electron chi connectivity index (χ2n) is 8.75. The summed E-state index contributed by atoms with van der Waals surface area (Å²) in [5.74, 6) is -0.627. The summed E-state index contributed by atoms with van der Waals surface area (Å²) < 4.78 is 47.5. The molecule has 4 rings (SSSR count). The van der Waals surface area contributed by atoms with Gasteiger partial charge in [-0.3, -0.25) is 15.0 Å². The molecule has 1 heterocycles. The summed E-state index contributed by atoms with van der Waals surface area (Å²) >= 11 is 0. The Morgan fingerprint density at radius 1 is 0.950 bits per heavy atom. The number of hydrazine groups is 1. The lowest BCUT2D eigenvalue weighted by atomic mass is 10.00. The second kappa shape index (κ2) is 11.4. The van der Waals surface area contributed by atoms with E-state index in [9.17, 15) is 27.6 Å². The van der Waals surface area contributed by atoms with Crippen molar-refractivity contribution in [3.63, 3.8) is 0 Å². The quantitative estimate of drug-likeness (QED) is 0.304.